The second-order valence-electron chi connectivity index (χ2n) is 5.52. The van der Waals surface area contributed by atoms with E-state index in [1.807, 2.05) is 24.3 Å². The van der Waals surface area contributed by atoms with E-state index in [0.29, 0.717) is 5.92 Å². The average molecular weight is 277 g/mol. The lowest BCUT2D eigenvalue weighted by atomic mass is 10.00. The quantitative estimate of drug-likeness (QED) is 0.838. The van der Waals surface area contributed by atoms with Crippen LogP contribution in [0.1, 0.15) is 36.8 Å². The Hall–Kier alpha value is -1.39. The summed E-state index contributed by atoms with van der Waals surface area (Å²) >= 11 is 0. The number of benzene rings is 1. The SMILES string of the molecule is CC(C(=O)O)c1ccc(CNCC2CCCOC2)cc1. The van der Waals surface area contributed by atoms with Crippen LogP contribution in [-0.4, -0.2) is 30.8 Å². The molecule has 0 saturated carbocycles. The number of ether oxygens (including phenoxy) is 1. The van der Waals surface area contributed by atoms with E-state index in [9.17, 15) is 4.79 Å². The van der Waals surface area contributed by atoms with Crippen molar-refractivity contribution in [1.29, 1.82) is 0 Å². The van der Waals surface area contributed by atoms with Crippen LogP contribution in [0.4, 0.5) is 0 Å². The van der Waals surface area contributed by atoms with Gasteiger partial charge in [0.05, 0.1) is 12.5 Å². The zero-order valence-corrected chi connectivity index (χ0v) is 12.0. The van der Waals surface area contributed by atoms with E-state index in [2.05, 4.69) is 5.32 Å². The first-order valence-electron chi connectivity index (χ1n) is 7.27. The fourth-order valence-corrected chi connectivity index (χ4v) is 2.46. The van der Waals surface area contributed by atoms with Gasteiger partial charge in [-0.05, 0) is 36.8 Å². The highest BCUT2D eigenvalue weighted by molar-refractivity contribution is 5.75. The van der Waals surface area contributed by atoms with Gasteiger partial charge < -0.3 is 15.2 Å². The van der Waals surface area contributed by atoms with Crippen molar-refractivity contribution in [2.75, 3.05) is 19.8 Å². The third kappa shape index (κ3) is 4.32. The molecule has 1 aliphatic rings. The number of hydrogen-bond donors (Lipinski definition) is 2. The fourth-order valence-electron chi connectivity index (χ4n) is 2.46. The lowest BCUT2D eigenvalue weighted by Gasteiger charge is -2.22. The molecular weight excluding hydrogens is 254 g/mol. The average Bonchev–Trinajstić information content (AvgIpc) is 2.48. The molecular formula is C16H23NO3. The maximum atomic E-state index is 10.9. The van der Waals surface area contributed by atoms with Crippen molar-refractivity contribution in [3.8, 4) is 0 Å². The van der Waals surface area contributed by atoms with Gasteiger partial charge in [-0.1, -0.05) is 24.3 Å². The van der Waals surface area contributed by atoms with Gasteiger partial charge in [-0.2, -0.15) is 0 Å². The van der Waals surface area contributed by atoms with Crippen LogP contribution in [0.5, 0.6) is 0 Å². The van der Waals surface area contributed by atoms with Crippen molar-refractivity contribution >= 4 is 5.97 Å². The van der Waals surface area contributed by atoms with Gasteiger partial charge in [0.15, 0.2) is 0 Å². The first-order valence-corrected chi connectivity index (χ1v) is 7.27. The van der Waals surface area contributed by atoms with E-state index in [4.69, 9.17) is 9.84 Å². The molecule has 1 saturated heterocycles. The molecule has 2 rings (SSSR count). The van der Waals surface area contributed by atoms with Gasteiger partial charge in [0.2, 0.25) is 0 Å². The minimum Gasteiger partial charge on any atom is -0.481 e. The van der Waals surface area contributed by atoms with Crippen molar-refractivity contribution < 1.29 is 14.6 Å². The zero-order chi connectivity index (χ0) is 14.4. The molecule has 2 unspecified atom stereocenters. The smallest absolute Gasteiger partial charge is 0.310 e. The van der Waals surface area contributed by atoms with Gasteiger partial charge in [-0.15, -0.1) is 0 Å². The molecule has 2 N–H and O–H groups in total. The van der Waals surface area contributed by atoms with Gasteiger partial charge in [0.1, 0.15) is 0 Å². The summed E-state index contributed by atoms with van der Waals surface area (Å²) in [7, 11) is 0. The van der Waals surface area contributed by atoms with Crippen molar-refractivity contribution in [3.05, 3.63) is 35.4 Å². The Bertz CT molecular complexity index is 424. The first kappa shape index (κ1) is 15.0. The Kier molecular flexibility index (Phi) is 5.56. The Morgan fingerprint density at radius 2 is 2.20 bits per heavy atom. The van der Waals surface area contributed by atoms with Gasteiger partial charge in [-0.25, -0.2) is 0 Å². The first-order chi connectivity index (χ1) is 9.66. The van der Waals surface area contributed by atoms with Crippen molar-refractivity contribution in [2.45, 2.75) is 32.2 Å². The molecule has 20 heavy (non-hydrogen) atoms. The van der Waals surface area contributed by atoms with Crippen LogP contribution < -0.4 is 5.32 Å². The highest BCUT2D eigenvalue weighted by Crippen LogP contribution is 2.16. The summed E-state index contributed by atoms with van der Waals surface area (Å²) in [5, 5.41) is 12.4. The van der Waals surface area contributed by atoms with Crippen LogP contribution in [0, 0.1) is 5.92 Å². The monoisotopic (exact) mass is 277 g/mol. The van der Waals surface area contributed by atoms with E-state index >= 15 is 0 Å². The summed E-state index contributed by atoms with van der Waals surface area (Å²) in [6.07, 6.45) is 2.40. The molecule has 0 aliphatic carbocycles. The molecule has 1 aromatic carbocycles. The normalized spacial score (nSPS) is 20.6. The van der Waals surface area contributed by atoms with E-state index < -0.39 is 11.9 Å². The van der Waals surface area contributed by atoms with Crippen LogP contribution >= 0.6 is 0 Å². The lowest BCUT2D eigenvalue weighted by molar-refractivity contribution is -0.138. The molecule has 0 amide bonds. The maximum absolute atomic E-state index is 10.9. The lowest BCUT2D eigenvalue weighted by Crippen LogP contribution is -2.28. The van der Waals surface area contributed by atoms with Crippen LogP contribution in [0.2, 0.25) is 0 Å². The summed E-state index contributed by atoms with van der Waals surface area (Å²) in [4.78, 5) is 10.9. The Labute approximate surface area is 120 Å². The fraction of sp³-hybridized carbons (Fsp3) is 0.562. The number of aliphatic carboxylic acids is 1. The Morgan fingerprint density at radius 1 is 1.45 bits per heavy atom. The summed E-state index contributed by atoms with van der Waals surface area (Å²) in [5.41, 5.74) is 2.03. The third-order valence-corrected chi connectivity index (χ3v) is 3.87. The van der Waals surface area contributed by atoms with Gasteiger partial charge >= 0.3 is 5.97 Å². The number of carboxylic acids is 1. The number of carboxylic acid groups (broad SMARTS) is 1. The molecule has 1 fully saturated rings. The third-order valence-electron chi connectivity index (χ3n) is 3.87. The molecule has 0 radical (unpaired) electrons. The highest BCUT2D eigenvalue weighted by Gasteiger charge is 2.14. The van der Waals surface area contributed by atoms with Gasteiger partial charge in [0.25, 0.3) is 0 Å². The zero-order valence-electron chi connectivity index (χ0n) is 12.0. The second-order valence-corrected chi connectivity index (χ2v) is 5.52. The van der Waals surface area contributed by atoms with E-state index in [0.717, 1.165) is 38.3 Å². The molecule has 2 atom stereocenters. The van der Waals surface area contributed by atoms with Crippen LogP contribution in [0.25, 0.3) is 0 Å². The van der Waals surface area contributed by atoms with Gasteiger partial charge in [0, 0.05) is 19.7 Å². The van der Waals surface area contributed by atoms with Crippen molar-refractivity contribution in [3.63, 3.8) is 0 Å². The number of carbonyl (C=O) groups is 1. The predicted octanol–water partition coefficient (Wildman–Crippen LogP) is 2.39. The predicted molar refractivity (Wildman–Crippen MR) is 77.7 cm³/mol. The molecule has 0 spiro atoms. The van der Waals surface area contributed by atoms with Crippen LogP contribution in [0.3, 0.4) is 0 Å². The summed E-state index contributed by atoms with van der Waals surface area (Å²) < 4.78 is 5.45. The molecule has 1 aromatic rings. The van der Waals surface area contributed by atoms with Crippen molar-refractivity contribution in [1.82, 2.24) is 5.32 Å². The number of nitrogens with one attached hydrogen (secondary N) is 1. The number of hydrogen-bond acceptors (Lipinski definition) is 3. The minimum atomic E-state index is -0.784. The summed E-state index contributed by atoms with van der Waals surface area (Å²) in [6, 6.07) is 7.80. The maximum Gasteiger partial charge on any atom is 0.310 e. The topological polar surface area (TPSA) is 58.6 Å². The molecule has 0 aromatic heterocycles. The second kappa shape index (κ2) is 7.41. The largest absolute Gasteiger partial charge is 0.481 e. The molecule has 4 heteroatoms. The standard InChI is InChI=1S/C16H23NO3/c1-12(16(18)19)15-6-4-13(5-7-15)9-17-10-14-3-2-8-20-11-14/h4-7,12,14,17H,2-3,8-11H2,1H3,(H,18,19). The van der Waals surface area contributed by atoms with E-state index in [-0.39, 0.29) is 0 Å². The highest BCUT2D eigenvalue weighted by atomic mass is 16.5. The van der Waals surface area contributed by atoms with Crippen LogP contribution in [-0.2, 0) is 16.1 Å². The van der Waals surface area contributed by atoms with E-state index in [1.165, 1.54) is 12.0 Å². The molecule has 110 valence electrons. The Morgan fingerprint density at radius 3 is 2.80 bits per heavy atom. The molecule has 4 nitrogen and oxygen atoms in total. The van der Waals surface area contributed by atoms with Crippen molar-refractivity contribution in [2.24, 2.45) is 5.92 Å². The van der Waals surface area contributed by atoms with E-state index in [1.54, 1.807) is 6.92 Å². The van der Waals surface area contributed by atoms with Crippen LogP contribution in [0.15, 0.2) is 24.3 Å². The summed E-state index contributed by atoms with van der Waals surface area (Å²) in [6.45, 7) is 5.27. The summed E-state index contributed by atoms with van der Waals surface area (Å²) in [5.74, 6) is -0.611. The number of rotatable bonds is 6. The molecule has 1 heterocycles. The Balaban J connectivity index is 1.77. The molecule has 0 bridgehead atoms. The molecule has 1 aliphatic heterocycles. The minimum absolute atomic E-state index is 0.448. The van der Waals surface area contributed by atoms with Gasteiger partial charge in [-0.3, -0.25) is 4.79 Å².